The van der Waals surface area contributed by atoms with Gasteiger partial charge >= 0.3 is 5.97 Å². The van der Waals surface area contributed by atoms with Gasteiger partial charge in [0, 0.05) is 18.2 Å². The Bertz CT molecular complexity index is 739. The summed E-state index contributed by atoms with van der Waals surface area (Å²) in [6.45, 7) is 1.25. The van der Waals surface area contributed by atoms with Gasteiger partial charge in [0.2, 0.25) is 0 Å². The van der Waals surface area contributed by atoms with Crippen LogP contribution in [0, 0.1) is 0 Å². The van der Waals surface area contributed by atoms with Crippen molar-refractivity contribution in [2.24, 2.45) is 0 Å². The van der Waals surface area contributed by atoms with Gasteiger partial charge < -0.3 is 19.5 Å². The number of carboxylic acids is 1. The Morgan fingerprint density at radius 1 is 1.16 bits per heavy atom. The van der Waals surface area contributed by atoms with E-state index in [0.29, 0.717) is 29.2 Å². The summed E-state index contributed by atoms with van der Waals surface area (Å²) in [5.41, 5.74) is 1.55. The summed E-state index contributed by atoms with van der Waals surface area (Å²) in [5.74, 6) is 0.269. The molecule has 2 aromatic rings. The van der Waals surface area contributed by atoms with Crippen molar-refractivity contribution in [1.29, 1.82) is 0 Å². The van der Waals surface area contributed by atoms with Crippen LogP contribution in [-0.2, 0) is 4.79 Å². The molecule has 0 aliphatic carbocycles. The zero-order valence-corrected chi connectivity index (χ0v) is 14.7. The minimum absolute atomic E-state index is 0.211. The van der Waals surface area contributed by atoms with E-state index in [4.69, 9.17) is 9.47 Å². The van der Waals surface area contributed by atoms with Gasteiger partial charge in [-0.05, 0) is 37.9 Å². The summed E-state index contributed by atoms with van der Waals surface area (Å²) in [7, 11) is 5.52. The number of nitrogens with zero attached hydrogens (tertiary/aromatic N) is 1. The molecule has 2 rings (SSSR count). The maximum atomic E-state index is 11.7. The van der Waals surface area contributed by atoms with Crippen molar-refractivity contribution in [3.8, 4) is 11.5 Å². The molecule has 0 radical (unpaired) electrons. The predicted octanol–water partition coefficient (Wildman–Crippen LogP) is 3.26. The highest BCUT2D eigenvalue weighted by Crippen LogP contribution is 2.29. The molecule has 0 aromatic heterocycles. The van der Waals surface area contributed by atoms with Crippen molar-refractivity contribution in [2.75, 3.05) is 34.4 Å². The fraction of sp³-hybridized carbons (Fsp3) is 0.250. The third-order valence-electron chi connectivity index (χ3n) is 3.63. The van der Waals surface area contributed by atoms with Gasteiger partial charge in [-0.2, -0.15) is 0 Å². The summed E-state index contributed by atoms with van der Waals surface area (Å²) in [4.78, 5) is 13.7. The lowest BCUT2D eigenvalue weighted by atomic mass is 10.0. The molecule has 25 heavy (non-hydrogen) atoms. The maximum absolute atomic E-state index is 11.7. The average Bonchev–Trinajstić information content (AvgIpc) is 2.60. The lowest BCUT2D eigenvalue weighted by Crippen LogP contribution is -2.19. The Labute approximate surface area is 148 Å². The topological polar surface area (TPSA) is 59.0 Å². The van der Waals surface area contributed by atoms with Crippen LogP contribution in [0.3, 0.4) is 0 Å². The lowest BCUT2D eigenvalue weighted by molar-refractivity contribution is -0.130. The molecule has 0 heterocycles. The molecule has 0 atom stereocenters. The third kappa shape index (κ3) is 5.36. The Kier molecular flexibility index (Phi) is 6.60. The first kappa shape index (κ1) is 18.5. The van der Waals surface area contributed by atoms with Gasteiger partial charge in [-0.1, -0.05) is 30.3 Å². The highest BCUT2D eigenvalue weighted by Gasteiger charge is 2.13. The molecule has 0 amide bonds. The van der Waals surface area contributed by atoms with Crippen LogP contribution in [0.4, 0.5) is 0 Å². The number of rotatable bonds is 8. The normalized spacial score (nSPS) is 11.4. The van der Waals surface area contributed by atoms with Crippen molar-refractivity contribution >= 4 is 17.6 Å². The second kappa shape index (κ2) is 8.89. The predicted molar refractivity (Wildman–Crippen MR) is 99.0 cm³/mol. The molecule has 0 unspecified atom stereocenters. The van der Waals surface area contributed by atoms with E-state index in [1.165, 1.54) is 0 Å². The third-order valence-corrected chi connectivity index (χ3v) is 3.63. The quantitative estimate of drug-likeness (QED) is 0.590. The van der Waals surface area contributed by atoms with E-state index in [1.54, 1.807) is 43.5 Å². The number of ether oxygens (including phenoxy) is 2. The molecular weight excluding hydrogens is 318 g/mol. The van der Waals surface area contributed by atoms with Gasteiger partial charge in [-0.15, -0.1) is 0 Å². The van der Waals surface area contributed by atoms with Gasteiger partial charge in [0.15, 0.2) is 0 Å². The van der Waals surface area contributed by atoms with Gasteiger partial charge in [0.1, 0.15) is 18.1 Å². The first-order valence-corrected chi connectivity index (χ1v) is 7.97. The molecule has 0 aliphatic rings. The van der Waals surface area contributed by atoms with E-state index in [2.05, 4.69) is 0 Å². The first-order valence-electron chi connectivity index (χ1n) is 7.97. The summed E-state index contributed by atoms with van der Waals surface area (Å²) >= 11 is 0. The fourth-order valence-corrected chi connectivity index (χ4v) is 2.27. The maximum Gasteiger partial charge on any atom is 0.336 e. The van der Waals surface area contributed by atoms with Crippen molar-refractivity contribution in [3.63, 3.8) is 0 Å². The standard InChI is InChI=1S/C20H23NO4/c1-21(2)11-12-25-19-14-17(24-3)10-9-16(19)13-18(20(22)23)15-7-5-4-6-8-15/h4-10,13-14H,11-12H2,1-3H3,(H,22,23)/b18-13-. The van der Waals surface area contributed by atoms with Crippen LogP contribution in [0.2, 0.25) is 0 Å². The molecule has 0 bridgehead atoms. The zero-order chi connectivity index (χ0) is 18.2. The summed E-state index contributed by atoms with van der Waals surface area (Å²) in [6, 6.07) is 14.4. The number of carbonyl (C=O) groups is 1. The molecule has 5 nitrogen and oxygen atoms in total. The molecule has 0 fully saturated rings. The van der Waals surface area contributed by atoms with E-state index in [9.17, 15) is 9.90 Å². The van der Waals surface area contributed by atoms with Gasteiger partial charge in [-0.25, -0.2) is 4.79 Å². The fourth-order valence-electron chi connectivity index (χ4n) is 2.27. The number of methoxy groups -OCH3 is 1. The molecule has 0 spiro atoms. The van der Waals surface area contributed by atoms with Crippen LogP contribution in [0.25, 0.3) is 11.6 Å². The van der Waals surface area contributed by atoms with Crippen LogP contribution in [0.15, 0.2) is 48.5 Å². The summed E-state index contributed by atoms with van der Waals surface area (Å²) in [5, 5.41) is 9.59. The molecular formula is C20H23NO4. The van der Waals surface area contributed by atoms with Gasteiger partial charge in [0.05, 0.1) is 12.7 Å². The van der Waals surface area contributed by atoms with Gasteiger partial charge in [-0.3, -0.25) is 0 Å². The highest BCUT2D eigenvalue weighted by atomic mass is 16.5. The van der Waals surface area contributed by atoms with Crippen LogP contribution < -0.4 is 9.47 Å². The van der Waals surface area contributed by atoms with E-state index in [0.717, 1.165) is 6.54 Å². The smallest absolute Gasteiger partial charge is 0.336 e. The van der Waals surface area contributed by atoms with Crippen LogP contribution in [-0.4, -0.2) is 50.3 Å². The molecule has 5 heteroatoms. The second-order valence-corrected chi connectivity index (χ2v) is 5.78. The first-order chi connectivity index (χ1) is 12.0. The Balaban J connectivity index is 2.39. The highest BCUT2D eigenvalue weighted by molar-refractivity contribution is 6.20. The van der Waals surface area contributed by atoms with Crippen LogP contribution in [0.5, 0.6) is 11.5 Å². The molecule has 132 valence electrons. The molecule has 0 aliphatic heterocycles. The van der Waals surface area contributed by atoms with E-state index in [-0.39, 0.29) is 5.57 Å². The number of carboxylic acid groups (broad SMARTS) is 1. The minimum Gasteiger partial charge on any atom is -0.497 e. The Morgan fingerprint density at radius 2 is 1.88 bits per heavy atom. The van der Waals surface area contributed by atoms with Crippen molar-refractivity contribution in [3.05, 3.63) is 59.7 Å². The Hall–Kier alpha value is -2.79. The molecule has 0 saturated carbocycles. The molecule has 1 N–H and O–H groups in total. The number of benzene rings is 2. The van der Waals surface area contributed by atoms with Crippen molar-refractivity contribution in [1.82, 2.24) is 4.90 Å². The number of hydrogen-bond donors (Lipinski definition) is 1. The zero-order valence-electron chi connectivity index (χ0n) is 14.7. The van der Waals surface area contributed by atoms with E-state index in [1.807, 2.05) is 37.2 Å². The number of likely N-dealkylation sites (N-methyl/N-ethyl adjacent to an activating group) is 1. The summed E-state index contributed by atoms with van der Waals surface area (Å²) < 4.78 is 11.1. The monoisotopic (exact) mass is 341 g/mol. The van der Waals surface area contributed by atoms with E-state index >= 15 is 0 Å². The number of hydrogen-bond acceptors (Lipinski definition) is 4. The minimum atomic E-state index is -0.985. The van der Waals surface area contributed by atoms with Crippen molar-refractivity contribution in [2.45, 2.75) is 0 Å². The van der Waals surface area contributed by atoms with Gasteiger partial charge in [0.25, 0.3) is 0 Å². The van der Waals surface area contributed by atoms with Crippen LogP contribution in [0.1, 0.15) is 11.1 Å². The summed E-state index contributed by atoms with van der Waals surface area (Å²) in [6.07, 6.45) is 1.63. The van der Waals surface area contributed by atoms with Crippen LogP contribution >= 0.6 is 0 Å². The second-order valence-electron chi connectivity index (χ2n) is 5.78. The lowest BCUT2D eigenvalue weighted by Gasteiger charge is -2.14. The largest absolute Gasteiger partial charge is 0.497 e. The SMILES string of the molecule is COc1ccc(/C=C(\C(=O)O)c2ccccc2)c(OCCN(C)C)c1. The molecule has 2 aromatic carbocycles. The molecule has 0 saturated heterocycles. The average molecular weight is 341 g/mol. The number of aliphatic carboxylic acids is 1. The Morgan fingerprint density at radius 3 is 2.48 bits per heavy atom. The van der Waals surface area contributed by atoms with Crippen molar-refractivity contribution < 1.29 is 19.4 Å². The van der Waals surface area contributed by atoms with E-state index < -0.39 is 5.97 Å².